The van der Waals surface area contributed by atoms with E-state index < -0.39 is 19.2 Å². The zero-order valence-corrected chi connectivity index (χ0v) is 28.0. The molecule has 1 aromatic heterocycles. The van der Waals surface area contributed by atoms with Crippen LogP contribution in [0.3, 0.4) is 0 Å². The number of nitrogens with zero attached hydrogens (tertiary/aromatic N) is 2. The van der Waals surface area contributed by atoms with Crippen LogP contribution in [0.15, 0.2) is 30.3 Å². The Morgan fingerprint density at radius 1 is 0.844 bits per heavy atom. The van der Waals surface area contributed by atoms with Crippen LogP contribution < -0.4 is 15.5 Å². The van der Waals surface area contributed by atoms with E-state index in [1.54, 1.807) is 5.45 Å². The van der Waals surface area contributed by atoms with Crippen LogP contribution >= 0.6 is 31.5 Å². The van der Waals surface area contributed by atoms with Crippen molar-refractivity contribution in [3.05, 3.63) is 41.7 Å². The lowest BCUT2D eigenvalue weighted by Gasteiger charge is -2.66. The Bertz CT molecular complexity index is 904. The summed E-state index contributed by atoms with van der Waals surface area (Å²) in [5, 5.41) is 0.633. The van der Waals surface area contributed by atoms with E-state index in [4.69, 9.17) is 0 Å². The smallest absolute Gasteiger partial charge is 0.182 e. The molecule has 0 amide bonds. The summed E-state index contributed by atoms with van der Waals surface area (Å²) in [6.07, 6.45) is 0. The first-order chi connectivity index (χ1) is 14.2. The summed E-state index contributed by atoms with van der Waals surface area (Å²) in [7, 11) is 0.678. The van der Waals surface area contributed by atoms with Gasteiger partial charge in [-0.15, -0.1) is 0 Å². The van der Waals surface area contributed by atoms with Crippen molar-refractivity contribution in [2.45, 2.75) is 91.3 Å². The second kappa shape index (κ2) is 8.83. The Morgan fingerprint density at radius 3 is 1.56 bits per heavy atom. The van der Waals surface area contributed by atoms with Gasteiger partial charge in [-0.25, -0.2) is 9.13 Å². The number of imidazole rings is 1. The number of halogens is 2. The molecule has 1 heterocycles. The van der Waals surface area contributed by atoms with Crippen LogP contribution in [0.4, 0.5) is 0 Å². The van der Waals surface area contributed by atoms with Crippen LogP contribution in [0.1, 0.15) is 73.7 Å². The molecule has 0 saturated carbocycles. The molecule has 0 saturated heterocycles. The summed E-state index contributed by atoms with van der Waals surface area (Å²) in [5.41, 5.74) is 5.71. The molecule has 1 aromatic carbocycles. The molecule has 32 heavy (non-hydrogen) atoms. The maximum atomic E-state index is 4.46. The maximum absolute atomic E-state index is 4.46. The quantitative estimate of drug-likeness (QED) is 0.299. The van der Waals surface area contributed by atoms with E-state index in [0.29, 0.717) is 0 Å². The molecular formula is C25H45BBr2N2Si2. The normalized spacial score (nSPS) is 15.2. The molecule has 0 aliphatic carbocycles. The molecule has 0 unspecified atom stereocenters. The fraction of sp³-hybridized carbons (Fsp3) is 0.640. The van der Waals surface area contributed by atoms with Crippen LogP contribution in [-0.2, 0) is 14.1 Å². The standard InChI is InChI=1S/C25H45BBr2N2Si2/c1-19-20(2)30(13)22(29(19)12)31(26(27,28)21-17-15-14-16-18-21)32(23(3,4)5,24(6,7)8)25(9,10)11/h14-18,31H,1-13H3/t31-/m1/s1. The van der Waals surface area contributed by atoms with Gasteiger partial charge >= 0.3 is 0 Å². The van der Waals surface area contributed by atoms with Gasteiger partial charge in [-0.2, -0.15) is 5.46 Å². The molecule has 0 radical (unpaired) electrons. The average molecular weight is 600 g/mol. The third-order valence-electron chi connectivity index (χ3n) is 8.17. The average Bonchev–Trinajstić information content (AvgIpc) is 2.80. The molecular weight excluding hydrogens is 555 g/mol. The summed E-state index contributed by atoms with van der Waals surface area (Å²) in [6, 6.07) is 11.1. The predicted octanol–water partition coefficient (Wildman–Crippen LogP) is 6.05. The molecule has 2 aromatic rings. The van der Waals surface area contributed by atoms with Crippen molar-refractivity contribution < 1.29 is 4.57 Å². The molecule has 2 rings (SSSR count). The van der Waals surface area contributed by atoms with E-state index in [2.05, 4.69) is 161 Å². The SMILES string of the molecule is Cc1c(C)[n+](C)c([Si@H]([B-](Br)(Br)c2ccccc2)[Si](C(C)(C)C)(C(C)(C)C)C(C)(C)C)n1C. The minimum absolute atomic E-state index is 0.211. The zero-order chi connectivity index (χ0) is 25.1. The van der Waals surface area contributed by atoms with E-state index in [9.17, 15) is 0 Å². The topological polar surface area (TPSA) is 8.81 Å². The fourth-order valence-electron chi connectivity index (χ4n) is 7.84. The van der Waals surface area contributed by atoms with E-state index in [-0.39, 0.29) is 15.1 Å². The Kier molecular flexibility index (Phi) is 7.77. The van der Waals surface area contributed by atoms with Crippen LogP contribution in [0.2, 0.25) is 15.1 Å². The lowest BCUT2D eigenvalue weighted by atomic mass is 9.93. The second-order valence-corrected chi connectivity index (χ2v) is 31.9. The minimum atomic E-state index is -2.13. The number of rotatable bonds is 4. The zero-order valence-electron chi connectivity index (χ0n) is 22.7. The highest BCUT2D eigenvalue weighted by atomic mass is 79.9. The molecule has 180 valence electrons. The first-order valence-electron chi connectivity index (χ1n) is 11.8. The predicted molar refractivity (Wildman–Crippen MR) is 157 cm³/mol. The largest absolute Gasteiger partial charge is 0.337 e. The molecule has 1 atom stereocenters. The first kappa shape index (κ1) is 28.1. The van der Waals surface area contributed by atoms with Crippen molar-refractivity contribution in [3.8, 4) is 0 Å². The Hall–Kier alpha value is -0.111. The summed E-state index contributed by atoms with van der Waals surface area (Å²) < 4.78 is 3.92. The van der Waals surface area contributed by atoms with Crippen LogP contribution in [0.5, 0.6) is 0 Å². The van der Waals surface area contributed by atoms with Crippen molar-refractivity contribution in [1.29, 1.82) is 0 Å². The van der Waals surface area contributed by atoms with Gasteiger partial charge < -0.3 is 31.5 Å². The van der Waals surface area contributed by atoms with Gasteiger partial charge in [-0.05, 0) is 15.1 Å². The summed E-state index contributed by atoms with van der Waals surface area (Å²) >= 11 is 8.92. The van der Waals surface area contributed by atoms with Gasteiger partial charge in [0.1, 0.15) is 11.4 Å². The maximum Gasteiger partial charge on any atom is 0.182 e. The monoisotopic (exact) mass is 598 g/mol. The lowest BCUT2D eigenvalue weighted by Crippen LogP contribution is -2.84. The molecule has 0 N–H and O–H groups in total. The van der Waals surface area contributed by atoms with Crippen molar-refractivity contribution in [3.63, 3.8) is 0 Å². The van der Waals surface area contributed by atoms with Crippen molar-refractivity contribution >= 4 is 61.6 Å². The number of benzene rings is 1. The van der Waals surface area contributed by atoms with Gasteiger partial charge in [0.15, 0.2) is 8.83 Å². The van der Waals surface area contributed by atoms with E-state index in [0.717, 1.165) is 0 Å². The highest BCUT2D eigenvalue weighted by Crippen LogP contribution is 2.64. The highest BCUT2D eigenvalue weighted by Gasteiger charge is 2.67. The first-order valence-corrected chi connectivity index (χ1v) is 18.7. The van der Waals surface area contributed by atoms with Crippen molar-refractivity contribution in [1.82, 2.24) is 4.57 Å². The van der Waals surface area contributed by atoms with E-state index in [1.807, 2.05) is 0 Å². The summed E-state index contributed by atoms with van der Waals surface area (Å²) in [5.74, 6) is 0. The van der Waals surface area contributed by atoms with Crippen molar-refractivity contribution in [2.24, 2.45) is 14.1 Å². The molecule has 0 aliphatic rings. The Morgan fingerprint density at radius 2 is 1.25 bits per heavy atom. The van der Waals surface area contributed by atoms with Gasteiger partial charge in [0, 0.05) is 21.4 Å². The van der Waals surface area contributed by atoms with E-state index in [1.165, 1.54) is 16.9 Å². The Balaban J connectivity index is 3.20. The third kappa shape index (κ3) is 4.22. The molecule has 0 bridgehead atoms. The molecule has 0 spiro atoms. The highest BCUT2D eigenvalue weighted by molar-refractivity contribution is 9.54. The van der Waals surface area contributed by atoms with Gasteiger partial charge in [0.25, 0.3) is 0 Å². The van der Waals surface area contributed by atoms with Crippen molar-refractivity contribution in [2.75, 3.05) is 0 Å². The van der Waals surface area contributed by atoms with Crippen LogP contribution in [0.25, 0.3) is 0 Å². The summed E-state index contributed by atoms with van der Waals surface area (Å²) in [6.45, 7) is 27.4. The molecule has 0 aliphatic heterocycles. The summed E-state index contributed by atoms with van der Waals surface area (Å²) in [4.78, 5) is 0. The number of hydrogen-bond donors (Lipinski definition) is 0. The Labute approximate surface area is 216 Å². The van der Waals surface area contributed by atoms with Gasteiger partial charge in [-0.3, -0.25) is 0 Å². The molecule has 0 fully saturated rings. The second-order valence-electron chi connectivity index (χ2n) is 12.8. The number of aromatic nitrogens is 2. The number of hydrogen-bond acceptors (Lipinski definition) is 0. The van der Waals surface area contributed by atoms with Crippen LogP contribution in [-0.4, -0.2) is 23.7 Å². The molecule has 2 nitrogen and oxygen atoms in total. The third-order valence-corrected chi connectivity index (χ3v) is 38.8. The minimum Gasteiger partial charge on any atom is -0.337 e. The molecule has 7 heteroatoms. The van der Waals surface area contributed by atoms with Gasteiger partial charge in [0.05, 0.1) is 22.3 Å². The van der Waals surface area contributed by atoms with Crippen LogP contribution in [0, 0.1) is 13.8 Å². The lowest BCUT2D eigenvalue weighted by molar-refractivity contribution is -0.659. The fourth-order valence-corrected chi connectivity index (χ4v) is 43.0. The van der Waals surface area contributed by atoms with Gasteiger partial charge in [-0.1, -0.05) is 92.6 Å². The van der Waals surface area contributed by atoms with Gasteiger partial charge in [0.2, 0.25) is 0 Å². The van der Waals surface area contributed by atoms with E-state index >= 15 is 0 Å².